The molecule has 218 valence electrons. The van der Waals surface area contributed by atoms with E-state index in [9.17, 15) is 4.79 Å². The summed E-state index contributed by atoms with van der Waals surface area (Å²) in [5.41, 5.74) is 9.38. The molecule has 0 heterocycles. The van der Waals surface area contributed by atoms with Gasteiger partial charge < -0.3 is 0 Å². The van der Waals surface area contributed by atoms with E-state index in [0.717, 1.165) is 24.7 Å². The second kappa shape index (κ2) is 23.9. The average molecular weight is 549 g/mol. The molecule has 0 rings (SSSR count). The van der Waals surface area contributed by atoms with Crippen LogP contribution in [0.15, 0.2) is 166 Å². The minimum atomic E-state index is 0.710. The zero-order chi connectivity index (χ0) is 30.9. The second-order valence-electron chi connectivity index (χ2n) is 10.6. The zero-order valence-corrected chi connectivity index (χ0v) is 26.9. The van der Waals surface area contributed by atoms with E-state index in [4.69, 9.17) is 0 Å². The SMILES string of the molecule is CC(C)=CCCC(C)=CC=CC(C)=CC=CC(C)=CC=CC=C(C)C=CC=C(C)C=CC=C(C)C=C/C=C(\C)C=O. The summed E-state index contributed by atoms with van der Waals surface area (Å²) in [4.78, 5) is 10.6. The van der Waals surface area contributed by atoms with Crippen LogP contribution in [-0.2, 0) is 4.79 Å². The Morgan fingerprint density at radius 1 is 0.415 bits per heavy atom. The van der Waals surface area contributed by atoms with Crippen LogP contribution < -0.4 is 0 Å². The molecule has 0 aliphatic rings. The Morgan fingerprint density at radius 3 is 1.07 bits per heavy atom. The van der Waals surface area contributed by atoms with Crippen LogP contribution in [0.2, 0.25) is 0 Å². The number of carbonyl (C=O) groups excluding carboxylic acids is 1. The summed E-state index contributed by atoms with van der Waals surface area (Å²) in [6.45, 7) is 18.7. The van der Waals surface area contributed by atoms with Crippen molar-refractivity contribution in [2.24, 2.45) is 0 Å². The first-order chi connectivity index (χ1) is 19.5. The Kier molecular flexibility index (Phi) is 21.6. The second-order valence-corrected chi connectivity index (χ2v) is 10.6. The predicted octanol–water partition coefficient (Wildman–Crippen LogP) is 11.9. The van der Waals surface area contributed by atoms with Crippen molar-refractivity contribution in [1.82, 2.24) is 0 Å². The standard InChI is InChI=1S/C40H52O/c1-33(2)18-12-21-36(5)24-15-27-37(6)25-13-22-34(3)19-10-11-20-35(4)23-14-26-38(7)28-16-29-39(8)30-17-31-40(9)32-41/h10-11,13-20,22-32H,12,21H2,1-9H3/b11-10?,22-13?,23-14?,27-15?,28-16?,30-17?,34-19?,35-20?,36-24?,37-25?,38-26?,39-29?,40-31+. The minimum Gasteiger partial charge on any atom is -0.298 e. The molecule has 0 saturated heterocycles. The largest absolute Gasteiger partial charge is 0.298 e. The summed E-state index contributed by atoms with van der Waals surface area (Å²) in [6, 6.07) is 0. The zero-order valence-electron chi connectivity index (χ0n) is 26.9. The molecular weight excluding hydrogens is 496 g/mol. The van der Waals surface area contributed by atoms with Crippen molar-refractivity contribution in [3.8, 4) is 0 Å². The Bertz CT molecular complexity index is 1240. The van der Waals surface area contributed by atoms with E-state index in [1.54, 1.807) is 13.0 Å². The van der Waals surface area contributed by atoms with Gasteiger partial charge in [-0.15, -0.1) is 0 Å². The predicted molar refractivity (Wildman–Crippen MR) is 186 cm³/mol. The summed E-state index contributed by atoms with van der Waals surface area (Å²) in [5, 5.41) is 0. The van der Waals surface area contributed by atoms with Crippen LogP contribution in [-0.4, -0.2) is 6.29 Å². The number of carbonyl (C=O) groups is 1. The van der Waals surface area contributed by atoms with Gasteiger partial charge in [-0.3, -0.25) is 4.79 Å². The Labute approximate surface area is 251 Å². The lowest BCUT2D eigenvalue weighted by Gasteiger charge is -1.96. The molecule has 0 aromatic heterocycles. The van der Waals surface area contributed by atoms with Gasteiger partial charge in [0.1, 0.15) is 6.29 Å². The summed E-state index contributed by atoms with van der Waals surface area (Å²) in [7, 11) is 0. The van der Waals surface area contributed by atoms with Gasteiger partial charge >= 0.3 is 0 Å². The molecule has 0 aliphatic carbocycles. The maximum absolute atomic E-state index is 10.6. The lowest BCUT2D eigenvalue weighted by atomic mass is 10.1. The number of aldehydes is 1. The van der Waals surface area contributed by atoms with Gasteiger partial charge in [0, 0.05) is 0 Å². The van der Waals surface area contributed by atoms with Gasteiger partial charge in [-0.25, -0.2) is 0 Å². The molecule has 1 heteroatoms. The van der Waals surface area contributed by atoms with Crippen LogP contribution in [0.1, 0.15) is 75.2 Å². The van der Waals surface area contributed by atoms with Gasteiger partial charge in [-0.2, -0.15) is 0 Å². The van der Waals surface area contributed by atoms with Crippen molar-refractivity contribution in [2.45, 2.75) is 75.2 Å². The fraction of sp³-hybridized carbons (Fsp3) is 0.275. The molecule has 0 radical (unpaired) electrons. The van der Waals surface area contributed by atoms with Crippen LogP contribution in [0.25, 0.3) is 0 Å². The lowest BCUT2D eigenvalue weighted by molar-refractivity contribution is -0.104. The molecule has 0 N–H and O–H groups in total. The third-order valence-electron chi connectivity index (χ3n) is 5.72. The highest BCUT2D eigenvalue weighted by molar-refractivity contribution is 5.72. The molecule has 0 atom stereocenters. The Hall–Kier alpha value is -3.97. The Balaban J connectivity index is 4.77. The van der Waals surface area contributed by atoms with Gasteiger partial charge in [0.2, 0.25) is 0 Å². The number of hydrogen-bond donors (Lipinski definition) is 0. The van der Waals surface area contributed by atoms with Crippen LogP contribution >= 0.6 is 0 Å². The molecule has 41 heavy (non-hydrogen) atoms. The van der Waals surface area contributed by atoms with Crippen LogP contribution in [0.4, 0.5) is 0 Å². The highest BCUT2D eigenvalue weighted by Crippen LogP contribution is 2.08. The molecule has 0 unspecified atom stereocenters. The molecule has 0 saturated carbocycles. The van der Waals surface area contributed by atoms with Crippen LogP contribution in [0, 0.1) is 0 Å². The number of rotatable bonds is 16. The fourth-order valence-electron chi connectivity index (χ4n) is 3.17. The molecule has 0 bridgehead atoms. The van der Waals surface area contributed by atoms with Crippen molar-refractivity contribution in [2.75, 3.05) is 0 Å². The molecular formula is C40H52O. The summed E-state index contributed by atoms with van der Waals surface area (Å²) >= 11 is 0. The van der Waals surface area contributed by atoms with E-state index in [1.165, 1.54) is 33.4 Å². The molecule has 0 amide bonds. The summed E-state index contributed by atoms with van der Waals surface area (Å²) < 4.78 is 0. The van der Waals surface area contributed by atoms with Crippen molar-refractivity contribution in [3.63, 3.8) is 0 Å². The molecule has 0 spiro atoms. The highest BCUT2D eigenvalue weighted by Gasteiger charge is 1.87. The first kappa shape index (κ1) is 37.0. The van der Waals surface area contributed by atoms with Gasteiger partial charge in [-0.1, -0.05) is 161 Å². The van der Waals surface area contributed by atoms with E-state index < -0.39 is 0 Å². The molecule has 0 aromatic carbocycles. The monoisotopic (exact) mass is 548 g/mol. The smallest absolute Gasteiger partial charge is 0.145 e. The molecule has 0 fully saturated rings. The van der Waals surface area contributed by atoms with Crippen molar-refractivity contribution in [3.05, 3.63) is 166 Å². The first-order valence-corrected chi connectivity index (χ1v) is 14.4. The first-order valence-electron chi connectivity index (χ1n) is 14.4. The van der Waals surface area contributed by atoms with Crippen LogP contribution in [0.5, 0.6) is 0 Å². The van der Waals surface area contributed by atoms with E-state index in [-0.39, 0.29) is 0 Å². The molecule has 1 nitrogen and oxygen atoms in total. The number of hydrogen-bond acceptors (Lipinski definition) is 1. The normalized spacial score (nSPS) is 15.7. The third kappa shape index (κ3) is 24.8. The highest BCUT2D eigenvalue weighted by atomic mass is 16.1. The van der Waals surface area contributed by atoms with Gasteiger partial charge in [0.15, 0.2) is 0 Å². The Morgan fingerprint density at radius 2 is 0.732 bits per heavy atom. The summed E-state index contributed by atoms with van der Waals surface area (Å²) in [5.74, 6) is 0. The van der Waals surface area contributed by atoms with Crippen LogP contribution in [0.3, 0.4) is 0 Å². The number of allylic oxidation sites excluding steroid dienone is 28. The lowest BCUT2D eigenvalue weighted by Crippen LogP contribution is -1.76. The van der Waals surface area contributed by atoms with Crippen molar-refractivity contribution in [1.29, 1.82) is 0 Å². The molecule has 0 aliphatic heterocycles. The van der Waals surface area contributed by atoms with E-state index in [2.05, 4.69) is 140 Å². The van der Waals surface area contributed by atoms with Gasteiger partial charge in [-0.05, 0) is 80.7 Å². The fourth-order valence-corrected chi connectivity index (χ4v) is 3.17. The van der Waals surface area contributed by atoms with Crippen molar-refractivity contribution >= 4 is 6.29 Å². The molecule has 0 aromatic rings. The van der Waals surface area contributed by atoms with Crippen molar-refractivity contribution < 1.29 is 4.79 Å². The average Bonchev–Trinajstić information content (AvgIpc) is 2.90. The van der Waals surface area contributed by atoms with Gasteiger partial charge in [0.05, 0.1) is 0 Å². The quantitative estimate of drug-likeness (QED) is 0.0811. The van der Waals surface area contributed by atoms with Gasteiger partial charge in [0.25, 0.3) is 0 Å². The third-order valence-corrected chi connectivity index (χ3v) is 5.72. The van der Waals surface area contributed by atoms with E-state index >= 15 is 0 Å². The topological polar surface area (TPSA) is 17.1 Å². The maximum atomic E-state index is 10.6. The maximum Gasteiger partial charge on any atom is 0.145 e. The minimum absolute atomic E-state index is 0.710. The summed E-state index contributed by atoms with van der Waals surface area (Å²) in [6.07, 6.45) is 44.6. The van der Waals surface area contributed by atoms with E-state index in [0.29, 0.717) is 5.57 Å². The van der Waals surface area contributed by atoms with E-state index in [1.807, 2.05) is 31.2 Å².